The molecule has 24 heavy (non-hydrogen) atoms. The number of nitrogens with one attached hydrogen (secondary N) is 1. The smallest absolute Gasteiger partial charge is 0.242 e. The molecule has 0 aliphatic rings. The first-order chi connectivity index (χ1) is 11.5. The molecule has 0 aliphatic carbocycles. The largest absolute Gasteiger partial charge is 0.479 e. The van der Waals surface area contributed by atoms with Gasteiger partial charge in [0.2, 0.25) is 5.88 Å². The lowest BCUT2D eigenvalue weighted by Gasteiger charge is -2.19. The average molecular weight is 327 g/mol. The van der Waals surface area contributed by atoms with Crippen LogP contribution in [0.5, 0.6) is 5.88 Å². The lowest BCUT2D eigenvalue weighted by atomic mass is 10.0. The number of anilines is 1. The van der Waals surface area contributed by atoms with Crippen LogP contribution in [0.2, 0.25) is 0 Å². The van der Waals surface area contributed by atoms with Crippen LogP contribution in [0.4, 0.5) is 5.82 Å². The molecule has 4 heteroatoms. The van der Waals surface area contributed by atoms with E-state index in [1.165, 1.54) is 11.1 Å². The van der Waals surface area contributed by atoms with Crippen molar-refractivity contribution in [2.45, 2.75) is 59.9 Å². The maximum Gasteiger partial charge on any atom is 0.242 e. The predicted octanol–water partition coefficient (Wildman–Crippen LogP) is 4.93. The first kappa shape index (κ1) is 18.2. The average Bonchev–Trinajstić information content (AvgIpc) is 2.59. The van der Waals surface area contributed by atoms with E-state index in [9.17, 15) is 0 Å². The Morgan fingerprint density at radius 3 is 2.33 bits per heavy atom. The maximum absolute atomic E-state index is 5.56. The summed E-state index contributed by atoms with van der Waals surface area (Å²) in [5.74, 6) is 1.42. The Morgan fingerprint density at radius 1 is 1.08 bits per heavy atom. The summed E-state index contributed by atoms with van der Waals surface area (Å²) in [4.78, 5) is 9.64. The monoisotopic (exact) mass is 327 g/mol. The Morgan fingerprint density at radius 2 is 1.79 bits per heavy atom. The molecular formula is C20H29N3O. The van der Waals surface area contributed by atoms with Crippen molar-refractivity contribution in [3.63, 3.8) is 0 Å². The van der Waals surface area contributed by atoms with Gasteiger partial charge in [-0.1, -0.05) is 44.5 Å². The Kier molecular flexibility index (Phi) is 6.18. The van der Waals surface area contributed by atoms with Crippen LogP contribution < -0.4 is 10.1 Å². The topological polar surface area (TPSA) is 47.0 Å². The molecule has 2 rings (SSSR count). The number of ether oxygens (including phenoxy) is 1. The number of hydrogen-bond donors (Lipinski definition) is 1. The lowest BCUT2D eigenvalue weighted by molar-refractivity contribution is 0.397. The highest BCUT2D eigenvalue weighted by Crippen LogP contribution is 2.32. The van der Waals surface area contributed by atoms with E-state index in [1.54, 1.807) is 7.11 Å². The fraction of sp³-hybridized carbons (Fsp3) is 0.500. The fourth-order valence-electron chi connectivity index (χ4n) is 2.90. The number of benzene rings is 1. The van der Waals surface area contributed by atoms with Gasteiger partial charge >= 0.3 is 0 Å². The van der Waals surface area contributed by atoms with E-state index < -0.39 is 0 Å². The number of aryl methyl sites for hydroxylation is 3. The molecule has 0 spiro atoms. The number of hydrogen-bond acceptors (Lipinski definition) is 4. The molecule has 1 aromatic carbocycles. The SMILES string of the molecule is CCc1nc(-c2ccc(C)cc2C)c(OC)nc1NC(CC)CC. The molecule has 0 bridgehead atoms. The van der Waals surface area contributed by atoms with Gasteiger partial charge in [-0.2, -0.15) is 4.98 Å². The second-order valence-corrected chi connectivity index (χ2v) is 6.21. The minimum absolute atomic E-state index is 0.404. The quantitative estimate of drug-likeness (QED) is 0.783. The van der Waals surface area contributed by atoms with Crippen LogP contribution in [0.25, 0.3) is 11.3 Å². The number of rotatable bonds is 7. The number of methoxy groups -OCH3 is 1. The molecule has 0 saturated carbocycles. The number of nitrogens with zero attached hydrogens (tertiary/aromatic N) is 2. The first-order valence-electron chi connectivity index (χ1n) is 8.82. The molecule has 0 amide bonds. The van der Waals surface area contributed by atoms with Crippen molar-refractivity contribution in [1.82, 2.24) is 9.97 Å². The Balaban J connectivity index is 2.53. The molecule has 0 aliphatic heterocycles. The van der Waals surface area contributed by atoms with Crippen LogP contribution in [0.15, 0.2) is 18.2 Å². The fourth-order valence-corrected chi connectivity index (χ4v) is 2.90. The van der Waals surface area contributed by atoms with E-state index in [0.29, 0.717) is 11.9 Å². The zero-order chi connectivity index (χ0) is 17.7. The third-order valence-corrected chi connectivity index (χ3v) is 4.43. The zero-order valence-electron chi connectivity index (χ0n) is 15.7. The van der Waals surface area contributed by atoms with Crippen LogP contribution in [0.3, 0.4) is 0 Å². The van der Waals surface area contributed by atoms with E-state index in [2.05, 4.69) is 58.1 Å². The van der Waals surface area contributed by atoms with Crippen LogP contribution in [0, 0.1) is 13.8 Å². The van der Waals surface area contributed by atoms with E-state index in [-0.39, 0.29) is 0 Å². The van der Waals surface area contributed by atoms with Crippen molar-refractivity contribution in [2.75, 3.05) is 12.4 Å². The van der Waals surface area contributed by atoms with Crippen LogP contribution in [-0.2, 0) is 6.42 Å². The molecule has 0 saturated heterocycles. The molecule has 0 radical (unpaired) electrons. The molecule has 1 heterocycles. The molecular weight excluding hydrogens is 298 g/mol. The van der Waals surface area contributed by atoms with E-state index in [1.807, 2.05) is 0 Å². The van der Waals surface area contributed by atoms with Gasteiger partial charge in [0.1, 0.15) is 5.69 Å². The van der Waals surface area contributed by atoms with Crippen molar-refractivity contribution in [2.24, 2.45) is 0 Å². The summed E-state index contributed by atoms with van der Waals surface area (Å²) < 4.78 is 5.56. The molecule has 2 aromatic rings. The minimum atomic E-state index is 0.404. The highest BCUT2D eigenvalue weighted by atomic mass is 16.5. The van der Waals surface area contributed by atoms with E-state index >= 15 is 0 Å². The summed E-state index contributed by atoms with van der Waals surface area (Å²) >= 11 is 0. The van der Waals surface area contributed by atoms with Crippen molar-refractivity contribution >= 4 is 5.82 Å². The van der Waals surface area contributed by atoms with Crippen LogP contribution >= 0.6 is 0 Å². The lowest BCUT2D eigenvalue weighted by Crippen LogP contribution is -2.20. The third-order valence-electron chi connectivity index (χ3n) is 4.43. The Hall–Kier alpha value is -2.10. The maximum atomic E-state index is 5.56. The summed E-state index contributed by atoms with van der Waals surface area (Å²) in [6.07, 6.45) is 2.95. The number of aromatic nitrogens is 2. The Bertz CT molecular complexity index is 694. The third kappa shape index (κ3) is 3.86. The van der Waals surface area contributed by atoms with E-state index in [4.69, 9.17) is 14.7 Å². The summed E-state index contributed by atoms with van der Waals surface area (Å²) in [5, 5.41) is 3.52. The highest BCUT2D eigenvalue weighted by Gasteiger charge is 2.18. The van der Waals surface area contributed by atoms with Gasteiger partial charge in [0, 0.05) is 11.6 Å². The molecule has 1 aromatic heterocycles. The van der Waals surface area contributed by atoms with Gasteiger partial charge in [-0.15, -0.1) is 0 Å². The van der Waals surface area contributed by atoms with Crippen LogP contribution in [-0.4, -0.2) is 23.1 Å². The van der Waals surface area contributed by atoms with Crippen molar-refractivity contribution in [3.8, 4) is 17.1 Å². The van der Waals surface area contributed by atoms with Crippen molar-refractivity contribution < 1.29 is 4.74 Å². The summed E-state index contributed by atoms with van der Waals surface area (Å²) in [5.41, 5.74) is 5.31. The molecule has 4 nitrogen and oxygen atoms in total. The molecule has 130 valence electrons. The van der Waals surface area contributed by atoms with Gasteiger partial charge in [0.25, 0.3) is 0 Å². The first-order valence-corrected chi connectivity index (χ1v) is 8.82. The molecule has 1 N–H and O–H groups in total. The normalized spacial score (nSPS) is 11.0. The van der Waals surface area contributed by atoms with Gasteiger partial charge < -0.3 is 10.1 Å². The Labute approximate surface area is 145 Å². The van der Waals surface area contributed by atoms with Crippen LogP contribution in [0.1, 0.15) is 50.4 Å². The zero-order valence-corrected chi connectivity index (χ0v) is 15.7. The molecule has 0 unspecified atom stereocenters. The van der Waals surface area contributed by atoms with Crippen molar-refractivity contribution in [3.05, 3.63) is 35.0 Å². The van der Waals surface area contributed by atoms with Gasteiger partial charge in [-0.25, -0.2) is 4.98 Å². The van der Waals surface area contributed by atoms with Gasteiger partial charge in [-0.3, -0.25) is 0 Å². The van der Waals surface area contributed by atoms with E-state index in [0.717, 1.165) is 42.0 Å². The summed E-state index contributed by atoms with van der Waals surface area (Å²) in [7, 11) is 1.66. The summed E-state index contributed by atoms with van der Waals surface area (Å²) in [6.45, 7) is 10.7. The van der Waals surface area contributed by atoms with Gasteiger partial charge in [0.15, 0.2) is 5.82 Å². The minimum Gasteiger partial charge on any atom is -0.479 e. The van der Waals surface area contributed by atoms with Gasteiger partial charge in [-0.05, 0) is 38.7 Å². The standard InChI is InChI=1S/C20H29N3O/c1-7-15(8-2)21-19-17(9-3)22-18(20(23-19)24-6)16-11-10-13(4)12-14(16)5/h10-12,15H,7-9H2,1-6H3,(H,21,23). The molecule has 0 atom stereocenters. The highest BCUT2D eigenvalue weighted by molar-refractivity contribution is 5.70. The molecule has 0 fully saturated rings. The predicted molar refractivity (Wildman–Crippen MR) is 101 cm³/mol. The summed E-state index contributed by atoms with van der Waals surface area (Å²) in [6, 6.07) is 6.77. The van der Waals surface area contributed by atoms with Gasteiger partial charge in [0.05, 0.1) is 12.8 Å². The second kappa shape index (κ2) is 8.13. The second-order valence-electron chi connectivity index (χ2n) is 6.21. The van der Waals surface area contributed by atoms with Crippen molar-refractivity contribution in [1.29, 1.82) is 0 Å².